The van der Waals surface area contributed by atoms with Crippen molar-refractivity contribution < 1.29 is 14.3 Å². The van der Waals surface area contributed by atoms with Crippen LogP contribution in [0.15, 0.2) is 54.6 Å². The van der Waals surface area contributed by atoms with E-state index in [1.54, 1.807) is 18.2 Å². The second kappa shape index (κ2) is 9.13. The van der Waals surface area contributed by atoms with Crippen LogP contribution in [0.5, 0.6) is 5.06 Å². The van der Waals surface area contributed by atoms with Crippen LogP contribution in [0.4, 0.5) is 0 Å². The van der Waals surface area contributed by atoms with Crippen molar-refractivity contribution in [1.29, 1.82) is 0 Å². The van der Waals surface area contributed by atoms with Gasteiger partial charge in [0.15, 0.2) is 5.06 Å². The van der Waals surface area contributed by atoms with Crippen molar-refractivity contribution in [3.63, 3.8) is 0 Å². The molecular weight excluding hydrogens is 382 g/mol. The van der Waals surface area contributed by atoms with Crippen LogP contribution in [0.1, 0.15) is 29.0 Å². The fourth-order valence-electron chi connectivity index (χ4n) is 3.06. The number of carbonyl (C=O) groups excluding carboxylic acids is 2. The Morgan fingerprint density at radius 3 is 2.89 bits per heavy atom. The van der Waals surface area contributed by atoms with Crippen molar-refractivity contribution in [2.75, 3.05) is 6.54 Å². The van der Waals surface area contributed by atoms with E-state index in [1.807, 2.05) is 37.3 Å². The van der Waals surface area contributed by atoms with Crippen molar-refractivity contribution in [2.24, 2.45) is 0 Å². The highest BCUT2D eigenvalue weighted by Gasteiger charge is 2.27. The van der Waals surface area contributed by atoms with E-state index in [1.165, 1.54) is 22.3 Å². The van der Waals surface area contributed by atoms with Crippen LogP contribution in [0, 0.1) is 0 Å². The molecule has 0 amide bonds. The van der Waals surface area contributed by atoms with Gasteiger partial charge in [-0.25, -0.2) is 4.79 Å². The minimum absolute atomic E-state index is 0.387. The number of thiophene rings is 1. The lowest BCUT2D eigenvalue weighted by atomic mass is 10.0. The lowest BCUT2D eigenvalue weighted by molar-refractivity contribution is -0.128. The lowest BCUT2D eigenvalue weighted by Gasteiger charge is -2.31. The van der Waals surface area contributed by atoms with Crippen LogP contribution in [0.25, 0.3) is 0 Å². The van der Waals surface area contributed by atoms with Gasteiger partial charge in [0.1, 0.15) is 6.29 Å². The van der Waals surface area contributed by atoms with Crippen molar-refractivity contribution in [3.8, 4) is 5.06 Å². The van der Waals surface area contributed by atoms with E-state index in [0.29, 0.717) is 16.6 Å². The van der Waals surface area contributed by atoms with Gasteiger partial charge in [-0.1, -0.05) is 48.0 Å². The van der Waals surface area contributed by atoms with E-state index >= 15 is 0 Å². The number of esters is 1. The van der Waals surface area contributed by atoms with E-state index in [0.717, 1.165) is 30.4 Å². The summed E-state index contributed by atoms with van der Waals surface area (Å²) in [6, 6.07) is 8.92. The Hall–Kier alpha value is -2.21. The molecule has 1 aromatic heterocycles. The molecule has 0 radical (unpaired) electrons. The van der Waals surface area contributed by atoms with E-state index in [2.05, 4.69) is 4.90 Å². The molecule has 1 unspecified atom stereocenters. The molecule has 0 saturated carbocycles. The van der Waals surface area contributed by atoms with Gasteiger partial charge in [-0.05, 0) is 36.6 Å². The molecule has 27 heavy (non-hydrogen) atoms. The number of nitrogens with zero attached hydrogens (tertiary/aromatic N) is 1. The minimum atomic E-state index is -0.398. The van der Waals surface area contributed by atoms with Gasteiger partial charge in [0.05, 0.1) is 6.04 Å². The number of carbonyl (C=O) groups is 2. The van der Waals surface area contributed by atoms with Gasteiger partial charge in [-0.2, -0.15) is 0 Å². The van der Waals surface area contributed by atoms with Crippen LogP contribution in [0.2, 0.25) is 5.02 Å². The Morgan fingerprint density at radius 2 is 2.15 bits per heavy atom. The van der Waals surface area contributed by atoms with Crippen molar-refractivity contribution in [3.05, 3.63) is 75.7 Å². The highest BCUT2D eigenvalue weighted by molar-refractivity contribution is 7.14. The molecule has 1 aliphatic heterocycles. The summed E-state index contributed by atoms with van der Waals surface area (Å²) in [7, 11) is 0. The fourth-order valence-corrected chi connectivity index (χ4v) is 4.33. The summed E-state index contributed by atoms with van der Waals surface area (Å²) in [5.41, 5.74) is 1.90. The van der Waals surface area contributed by atoms with Crippen LogP contribution >= 0.6 is 22.9 Å². The third-order valence-electron chi connectivity index (χ3n) is 4.36. The van der Waals surface area contributed by atoms with Gasteiger partial charge in [-0.3, -0.25) is 4.90 Å². The highest BCUT2D eigenvalue weighted by atomic mass is 35.5. The van der Waals surface area contributed by atoms with Crippen LogP contribution in [-0.4, -0.2) is 23.7 Å². The molecule has 140 valence electrons. The Kier molecular flexibility index (Phi) is 6.61. The average molecular weight is 402 g/mol. The van der Waals surface area contributed by atoms with Gasteiger partial charge in [0, 0.05) is 29.1 Å². The molecule has 0 spiro atoms. The third-order valence-corrected chi connectivity index (χ3v) is 5.82. The fraction of sp³-hybridized carbons (Fsp3) is 0.238. The molecule has 0 N–H and O–H groups in total. The smallest absolute Gasteiger partial charge is 0.336 e. The van der Waals surface area contributed by atoms with E-state index in [4.69, 9.17) is 16.3 Å². The van der Waals surface area contributed by atoms with E-state index in [-0.39, 0.29) is 6.04 Å². The molecule has 0 bridgehead atoms. The first-order chi connectivity index (χ1) is 13.1. The minimum Gasteiger partial charge on any atom is -0.412 e. The van der Waals surface area contributed by atoms with Gasteiger partial charge >= 0.3 is 5.97 Å². The first-order valence-electron chi connectivity index (χ1n) is 8.69. The number of halogens is 1. The molecule has 1 aromatic carbocycles. The SMILES string of the molecule is C/C=C/C=C/C(=O)Oc1cc2c(s1)CCN(C(C=O)c1ccccc1Cl)C2. The lowest BCUT2D eigenvalue weighted by Crippen LogP contribution is -2.34. The first-order valence-corrected chi connectivity index (χ1v) is 9.88. The van der Waals surface area contributed by atoms with E-state index < -0.39 is 5.97 Å². The summed E-state index contributed by atoms with van der Waals surface area (Å²) >= 11 is 7.77. The van der Waals surface area contributed by atoms with Crippen LogP contribution < -0.4 is 4.74 Å². The van der Waals surface area contributed by atoms with Gasteiger partial charge in [0.25, 0.3) is 0 Å². The zero-order valence-electron chi connectivity index (χ0n) is 14.9. The van der Waals surface area contributed by atoms with Crippen molar-refractivity contribution >= 4 is 35.2 Å². The standard InChI is InChI=1S/C21H20ClNO3S/c1-2-3-4-9-20(25)26-21-12-15-13-23(11-10-19(15)27-21)18(14-24)16-7-5-6-8-17(16)22/h2-9,12,14,18H,10-11,13H2,1H3/b3-2+,9-4+. The topological polar surface area (TPSA) is 46.6 Å². The number of ether oxygens (including phenoxy) is 1. The maximum absolute atomic E-state index is 11.8. The Morgan fingerprint density at radius 1 is 1.33 bits per heavy atom. The first kappa shape index (κ1) is 19.5. The van der Waals surface area contributed by atoms with Gasteiger partial charge in [-0.15, -0.1) is 11.3 Å². The number of hydrogen-bond acceptors (Lipinski definition) is 5. The summed E-state index contributed by atoms with van der Waals surface area (Å²) in [4.78, 5) is 26.9. The van der Waals surface area contributed by atoms with Crippen LogP contribution in [0.3, 0.4) is 0 Å². The Bertz CT molecular complexity index is 887. The molecule has 2 aromatic rings. The van der Waals surface area contributed by atoms with E-state index in [9.17, 15) is 9.59 Å². The summed E-state index contributed by atoms with van der Waals surface area (Å²) in [5, 5.41) is 1.17. The maximum Gasteiger partial charge on any atom is 0.336 e. The molecule has 4 nitrogen and oxygen atoms in total. The maximum atomic E-state index is 11.8. The van der Waals surface area contributed by atoms with Crippen LogP contribution in [-0.2, 0) is 22.6 Å². The zero-order chi connectivity index (χ0) is 19.2. The zero-order valence-corrected chi connectivity index (χ0v) is 16.5. The van der Waals surface area contributed by atoms with Crippen molar-refractivity contribution in [1.82, 2.24) is 4.90 Å². The summed E-state index contributed by atoms with van der Waals surface area (Å²) in [6.45, 7) is 3.24. The monoisotopic (exact) mass is 401 g/mol. The number of rotatable bonds is 6. The largest absolute Gasteiger partial charge is 0.412 e. The normalized spacial score (nSPS) is 15.8. The summed E-state index contributed by atoms with van der Waals surface area (Å²) in [5.74, 6) is -0.398. The molecule has 1 atom stereocenters. The molecule has 2 heterocycles. The number of benzene rings is 1. The average Bonchev–Trinajstić information content (AvgIpc) is 3.05. The quantitative estimate of drug-likeness (QED) is 0.303. The van der Waals surface area contributed by atoms with Gasteiger partial charge < -0.3 is 9.53 Å². The Labute approximate surface area is 167 Å². The highest BCUT2D eigenvalue weighted by Crippen LogP contribution is 2.36. The predicted octanol–water partition coefficient (Wildman–Crippen LogP) is 4.74. The number of fused-ring (bicyclic) bond motifs is 1. The number of allylic oxidation sites excluding steroid dienone is 3. The molecule has 0 saturated heterocycles. The molecular formula is C21H20ClNO3S. The third kappa shape index (κ3) is 4.75. The summed E-state index contributed by atoms with van der Waals surface area (Å²) in [6.07, 6.45) is 8.39. The van der Waals surface area contributed by atoms with Crippen molar-refractivity contribution in [2.45, 2.75) is 25.9 Å². The molecule has 0 aliphatic carbocycles. The molecule has 1 aliphatic rings. The second-order valence-corrected chi connectivity index (χ2v) is 7.65. The molecule has 0 fully saturated rings. The predicted molar refractivity (Wildman–Crippen MR) is 108 cm³/mol. The molecule has 3 rings (SSSR count). The number of hydrogen-bond donors (Lipinski definition) is 0. The molecule has 6 heteroatoms. The summed E-state index contributed by atoms with van der Waals surface area (Å²) < 4.78 is 5.39. The van der Waals surface area contributed by atoms with Gasteiger partial charge in [0.2, 0.25) is 0 Å². The number of aldehydes is 1. The Balaban J connectivity index is 1.73. The second-order valence-electron chi connectivity index (χ2n) is 6.14.